The Labute approximate surface area is 108 Å². The van der Waals surface area contributed by atoms with Gasteiger partial charge in [0.05, 0.1) is 5.69 Å². The fourth-order valence-corrected chi connectivity index (χ4v) is 2.03. The molecule has 0 fully saturated rings. The first kappa shape index (κ1) is 11.5. The van der Waals surface area contributed by atoms with Gasteiger partial charge in [0.2, 0.25) is 5.91 Å². The number of rotatable bonds is 2. The number of carbonyl (C=O) groups excluding carboxylic acids is 2. The molecule has 1 aromatic heterocycles. The molecule has 2 amide bonds. The number of nitrogens with zero attached hydrogens (tertiary/aromatic N) is 1. The van der Waals surface area contributed by atoms with Crippen LogP contribution in [0.1, 0.15) is 12.8 Å². The third-order valence-corrected chi connectivity index (χ3v) is 3.01. The second kappa shape index (κ2) is 4.56. The zero-order chi connectivity index (χ0) is 13.2. The number of hydrazone groups is 1. The highest BCUT2D eigenvalue weighted by Gasteiger charge is 2.18. The number of hydrogen-bond donors (Lipinski definition) is 3. The lowest BCUT2D eigenvalue weighted by Gasteiger charge is -2.12. The second-order valence-corrected chi connectivity index (χ2v) is 4.29. The molecule has 2 aromatic rings. The first-order valence-corrected chi connectivity index (χ1v) is 5.97. The van der Waals surface area contributed by atoms with Crippen LogP contribution in [0.3, 0.4) is 0 Å². The van der Waals surface area contributed by atoms with Gasteiger partial charge in [-0.1, -0.05) is 6.07 Å². The number of anilines is 1. The molecule has 0 atom stereocenters. The van der Waals surface area contributed by atoms with E-state index in [2.05, 4.69) is 20.8 Å². The van der Waals surface area contributed by atoms with Crippen molar-refractivity contribution in [2.24, 2.45) is 5.10 Å². The number of amides is 2. The first-order chi connectivity index (χ1) is 9.24. The van der Waals surface area contributed by atoms with E-state index in [9.17, 15) is 9.59 Å². The molecule has 0 spiro atoms. The maximum Gasteiger partial charge on any atom is 0.271 e. The van der Waals surface area contributed by atoms with E-state index in [1.807, 2.05) is 30.5 Å². The van der Waals surface area contributed by atoms with E-state index in [1.54, 1.807) is 0 Å². The minimum Gasteiger partial charge on any atom is -0.361 e. The third-order valence-electron chi connectivity index (χ3n) is 3.01. The quantitative estimate of drug-likeness (QED) is 0.758. The Balaban J connectivity index is 1.83. The van der Waals surface area contributed by atoms with Gasteiger partial charge in [0.25, 0.3) is 5.91 Å². The molecule has 2 heterocycles. The van der Waals surface area contributed by atoms with Crippen molar-refractivity contribution in [3.05, 3.63) is 30.5 Å². The van der Waals surface area contributed by atoms with Crippen LogP contribution in [0.2, 0.25) is 0 Å². The van der Waals surface area contributed by atoms with Crippen molar-refractivity contribution in [3.8, 4) is 0 Å². The Kier molecular flexibility index (Phi) is 2.75. The molecule has 0 saturated heterocycles. The Bertz CT molecular complexity index is 687. The summed E-state index contributed by atoms with van der Waals surface area (Å²) in [4.78, 5) is 26.1. The van der Waals surface area contributed by atoms with Crippen LogP contribution in [0, 0.1) is 0 Å². The van der Waals surface area contributed by atoms with Gasteiger partial charge in [0.1, 0.15) is 5.71 Å². The zero-order valence-corrected chi connectivity index (χ0v) is 10.1. The Hall–Kier alpha value is -2.63. The molecule has 1 aliphatic rings. The van der Waals surface area contributed by atoms with Gasteiger partial charge in [0, 0.05) is 29.9 Å². The molecular formula is C13H12N4O2. The molecule has 0 aliphatic carbocycles. The average Bonchev–Trinajstić information content (AvgIpc) is 2.89. The fourth-order valence-electron chi connectivity index (χ4n) is 2.03. The van der Waals surface area contributed by atoms with Crippen molar-refractivity contribution in [2.45, 2.75) is 12.8 Å². The van der Waals surface area contributed by atoms with Crippen molar-refractivity contribution >= 4 is 34.1 Å². The molecule has 0 radical (unpaired) electrons. The molecule has 6 heteroatoms. The summed E-state index contributed by atoms with van der Waals surface area (Å²) in [7, 11) is 0. The van der Waals surface area contributed by atoms with Gasteiger partial charge in [0.15, 0.2) is 0 Å². The van der Waals surface area contributed by atoms with Crippen molar-refractivity contribution in [1.82, 2.24) is 10.4 Å². The van der Waals surface area contributed by atoms with Gasteiger partial charge in [-0.2, -0.15) is 5.10 Å². The highest BCUT2D eigenvalue weighted by Crippen LogP contribution is 2.22. The van der Waals surface area contributed by atoms with E-state index < -0.39 is 0 Å². The zero-order valence-electron chi connectivity index (χ0n) is 10.1. The summed E-state index contributed by atoms with van der Waals surface area (Å²) >= 11 is 0. The SMILES string of the molecule is O=C1CCC(C(=O)Nc2cccc3[nH]ccc23)=NN1. The van der Waals surface area contributed by atoms with E-state index in [0.717, 1.165) is 16.6 Å². The molecule has 3 rings (SSSR count). The topological polar surface area (TPSA) is 86.3 Å². The summed E-state index contributed by atoms with van der Waals surface area (Å²) in [6, 6.07) is 7.52. The Morgan fingerprint density at radius 2 is 2.16 bits per heavy atom. The van der Waals surface area contributed by atoms with E-state index in [0.29, 0.717) is 18.6 Å². The Morgan fingerprint density at radius 3 is 2.95 bits per heavy atom. The molecule has 1 aliphatic heterocycles. The van der Waals surface area contributed by atoms with Gasteiger partial charge in [-0.15, -0.1) is 0 Å². The fraction of sp³-hybridized carbons (Fsp3) is 0.154. The molecule has 3 N–H and O–H groups in total. The van der Waals surface area contributed by atoms with Crippen LogP contribution in [-0.2, 0) is 9.59 Å². The molecule has 6 nitrogen and oxygen atoms in total. The maximum absolute atomic E-state index is 12.0. The summed E-state index contributed by atoms with van der Waals surface area (Å²) in [5, 5.41) is 7.53. The number of H-pyrrole nitrogens is 1. The summed E-state index contributed by atoms with van der Waals surface area (Å²) in [6.07, 6.45) is 2.47. The second-order valence-electron chi connectivity index (χ2n) is 4.29. The molecular weight excluding hydrogens is 244 g/mol. The molecule has 96 valence electrons. The van der Waals surface area contributed by atoms with Crippen molar-refractivity contribution in [1.29, 1.82) is 0 Å². The van der Waals surface area contributed by atoms with Gasteiger partial charge in [-0.05, 0) is 18.2 Å². The minimum atomic E-state index is -0.284. The number of fused-ring (bicyclic) bond motifs is 1. The largest absolute Gasteiger partial charge is 0.361 e. The summed E-state index contributed by atoms with van der Waals surface area (Å²) < 4.78 is 0. The maximum atomic E-state index is 12.0. The smallest absolute Gasteiger partial charge is 0.271 e. The van der Waals surface area contributed by atoms with Crippen LogP contribution < -0.4 is 10.7 Å². The first-order valence-electron chi connectivity index (χ1n) is 5.97. The van der Waals surface area contributed by atoms with E-state index in [1.165, 1.54) is 0 Å². The van der Waals surface area contributed by atoms with Crippen molar-refractivity contribution < 1.29 is 9.59 Å². The van der Waals surface area contributed by atoms with E-state index in [4.69, 9.17) is 0 Å². The van der Waals surface area contributed by atoms with Crippen molar-refractivity contribution in [2.75, 3.05) is 5.32 Å². The van der Waals surface area contributed by atoms with Gasteiger partial charge in [-0.3, -0.25) is 9.59 Å². The lowest BCUT2D eigenvalue weighted by molar-refractivity contribution is -0.121. The summed E-state index contributed by atoms with van der Waals surface area (Å²) in [5.74, 6) is -0.446. The van der Waals surface area contributed by atoms with Crippen molar-refractivity contribution in [3.63, 3.8) is 0 Å². The van der Waals surface area contributed by atoms with E-state index in [-0.39, 0.29) is 11.8 Å². The van der Waals surface area contributed by atoms with Crippen LogP contribution in [0.15, 0.2) is 35.6 Å². The lowest BCUT2D eigenvalue weighted by atomic mass is 10.1. The molecule has 0 bridgehead atoms. The standard InChI is InChI=1S/C13H12N4O2/c18-12-5-4-11(16-17-12)13(19)15-10-3-1-2-9-8(10)6-7-14-9/h1-3,6-7,14H,4-5H2,(H,15,19)(H,17,18). The van der Waals surface area contributed by atoms with Crippen LogP contribution in [0.4, 0.5) is 5.69 Å². The van der Waals surface area contributed by atoms with E-state index >= 15 is 0 Å². The molecule has 19 heavy (non-hydrogen) atoms. The number of aromatic amines is 1. The van der Waals surface area contributed by atoms with Gasteiger partial charge in [-0.25, -0.2) is 5.43 Å². The van der Waals surface area contributed by atoms with Crippen LogP contribution >= 0.6 is 0 Å². The highest BCUT2D eigenvalue weighted by atomic mass is 16.2. The number of aromatic nitrogens is 1. The predicted octanol–water partition coefficient (Wildman–Crippen LogP) is 1.37. The predicted molar refractivity (Wildman–Crippen MR) is 71.7 cm³/mol. The summed E-state index contributed by atoms with van der Waals surface area (Å²) in [5.41, 5.74) is 4.33. The lowest BCUT2D eigenvalue weighted by Crippen LogP contribution is -2.32. The summed E-state index contributed by atoms with van der Waals surface area (Å²) in [6.45, 7) is 0. The number of nitrogens with one attached hydrogen (secondary N) is 3. The molecule has 0 unspecified atom stereocenters. The van der Waals surface area contributed by atoms with Gasteiger partial charge < -0.3 is 10.3 Å². The monoisotopic (exact) mass is 256 g/mol. The number of benzene rings is 1. The normalized spacial score (nSPS) is 14.9. The third kappa shape index (κ3) is 2.20. The van der Waals surface area contributed by atoms with Crippen LogP contribution in [0.5, 0.6) is 0 Å². The molecule has 0 saturated carbocycles. The van der Waals surface area contributed by atoms with Crippen LogP contribution in [0.25, 0.3) is 10.9 Å². The number of carbonyl (C=O) groups is 2. The van der Waals surface area contributed by atoms with Crippen LogP contribution in [-0.4, -0.2) is 22.5 Å². The average molecular weight is 256 g/mol. The Morgan fingerprint density at radius 1 is 1.26 bits per heavy atom. The van der Waals surface area contributed by atoms with Gasteiger partial charge >= 0.3 is 0 Å². The highest BCUT2D eigenvalue weighted by molar-refractivity contribution is 6.44. The minimum absolute atomic E-state index is 0.163. The number of hydrogen-bond acceptors (Lipinski definition) is 3. The molecule has 1 aromatic carbocycles.